The highest BCUT2D eigenvalue weighted by Gasteiger charge is 2.15. The average molecular weight is 395 g/mol. The first kappa shape index (κ1) is 18.5. The molecule has 3 heterocycles. The molecule has 0 bridgehead atoms. The fraction of sp³-hybridized carbons (Fsp3) is 0.316. The van der Waals surface area contributed by atoms with Gasteiger partial charge in [-0.2, -0.15) is 5.10 Å². The number of benzene rings is 1. The molecule has 4 aromatic rings. The SMILES string of the molecule is Cc1cc(C)n2c(=S)n(CN(C)[C@H](C)c3ccc(-n4cncn4)cc3)nc2n1. The van der Waals surface area contributed by atoms with Crippen molar-refractivity contribution in [1.29, 1.82) is 0 Å². The van der Waals surface area contributed by atoms with Crippen molar-refractivity contribution in [1.82, 2.24) is 38.8 Å². The summed E-state index contributed by atoms with van der Waals surface area (Å²) in [5, 5.41) is 8.76. The minimum absolute atomic E-state index is 0.187. The Balaban J connectivity index is 1.56. The fourth-order valence-corrected chi connectivity index (χ4v) is 3.59. The highest BCUT2D eigenvalue weighted by atomic mass is 32.1. The predicted molar refractivity (Wildman–Crippen MR) is 109 cm³/mol. The van der Waals surface area contributed by atoms with Crippen molar-refractivity contribution in [3.05, 3.63) is 64.7 Å². The van der Waals surface area contributed by atoms with E-state index in [0.717, 1.165) is 17.1 Å². The van der Waals surface area contributed by atoms with E-state index in [1.807, 2.05) is 41.1 Å². The van der Waals surface area contributed by atoms with Gasteiger partial charge in [-0.25, -0.2) is 19.3 Å². The molecule has 1 atom stereocenters. The second-order valence-corrected chi connectivity index (χ2v) is 7.33. The molecule has 3 aromatic heterocycles. The van der Waals surface area contributed by atoms with E-state index in [1.165, 1.54) is 11.9 Å². The van der Waals surface area contributed by atoms with Gasteiger partial charge in [0.25, 0.3) is 5.78 Å². The van der Waals surface area contributed by atoms with Crippen LogP contribution in [0, 0.1) is 18.6 Å². The molecule has 0 saturated carbocycles. The predicted octanol–water partition coefficient (Wildman–Crippen LogP) is 3.11. The van der Waals surface area contributed by atoms with Crippen LogP contribution in [-0.2, 0) is 6.67 Å². The maximum atomic E-state index is 5.62. The Bertz CT molecular complexity index is 1160. The number of aryl methyl sites for hydroxylation is 2. The van der Waals surface area contributed by atoms with E-state index < -0.39 is 0 Å². The van der Waals surface area contributed by atoms with Crippen LogP contribution >= 0.6 is 12.2 Å². The van der Waals surface area contributed by atoms with Gasteiger partial charge in [0.1, 0.15) is 12.7 Å². The zero-order valence-electron chi connectivity index (χ0n) is 16.3. The van der Waals surface area contributed by atoms with Gasteiger partial charge in [-0.3, -0.25) is 9.30 Å². The summed E-state index contributed by atoms with van der Waals surface area (Å²) in [5.74, 6) is 0.640. The minimum Gasteiger partial charge on any atom is -0.281 e. The van der Waals surface area contributed by atoms with Crippen molar-refractivity contribution < 1.29 is 0 Å². The molecule has 1 aromatic carbocycles. The van der Waals surface area contributed by atoms with E-state index >= 15 is 0 Å². The zero-order valence-corrected chi connectivity index (χ0v) is 17.1. The summed E-state index contributed by atoms with van der Waals surface area (Å²) in [6.45, 7) is 6.73. The van der Waals surface area contributed by atoms with Gasteiger partial charge in [-0.15, -0.1) is 5.10 Å². The van der Waals surface area contributed by atoms with E-state index in [4.69, 9.17) is 12.2 Å². The molecule has 28 heavy (non-hydrogen) atoms. The molecule has 144 valence electrons. The Morgan fingerprint density at radius 3 is 2.61 bits per heavy atom. The maximum Gasteiger partial charge on any atom is 0.254 e. The van der Waals surface area contributed by atoms with Gasteiger partial charge in [0.05, 0.1) is 12.4 Å². The number of fused-ring (bicyclic) bond motifs is 1. The lowest BCUT2D eigenvalue weighted by molar-refractivity contribution is 0.195. The summed E-state index contributed by atoms with van der Waals surface area (Å²) in [6.07, 6.45) is 3.22. The lowest BCUT2D eigenvalue weighted by Crippen LogP contribution is -2.26. The Morgan fingerprint density at radius 2 is 1.93 bits per heavy atom. The molecular weight excluding hydrogens is 372 g/mol. The number of hydrogen-bond acceptors (Lipinski definition) is 6. The van der Waals surface area contributed by atoms with Gasteiger partial charge in [0.15, 0.2) is 0 Å². The van der Waals surface area contributed by atoms with Crippen molar-refractivity contribution in [2.24, 2.45) is 0 Å². The van der Waals surface area contributed by atoms with E-state index in [2.05, 4.69) is 51.2 Å². The quantitative estimate of drug-likeness (QED) is 0.485. The number of aromatic nitrogens is 7. The van der Waals surface area contributed by atoms with E-state index in [1.54, 1.807) is 11.0 Å². The molecule has 0 N–H and O–H groups in total. The van der Waals surface area contributed by atoms with Crippen LogP contribution in [0.2, 0.25) is 0 Å². The topological polar surface area (TPSA) is 69.1 Å². The molecule has 0 fully saturated rings. The van der Waals surface area contributed by atoms with Crippen LogP contribution in [0.4, 0.5) is 0 Å². The lowest BCUT2D eigenvalue weighted by Gasteiger charge is -2.24. The first-order chi connectivity index (χ1) is 13.4. The monoisotopic (exact) mass is 394 g/mol. The Morgan fingerprint density at radius 1 is 1.18 bits per heavy atom. The van der Waals surface area contributed by atoms with Gasteiger partial charge in [0.2, 0.25) is 4.77 Å². The van der Waals surface area contributed by atoms with Crippen molar-refractivity contribution in [2.45, 2.75) is 33.5 Å². The molecule has 8 nitrogen and oxygen atoms in total. The van der Waals surface area contributed by atoms with E-state index in [0.29, 0.717) is 17.2 Å². The van der Waals surface area contributed by atoms with E-state index in [9.17, 15) is 0 Å². The van der Waals surface area contributed by atoms with Crippen molar-refractivity contribution >= 4 is 18.0 Å². The van der Waals surface area contributed by atoms with Gasteiger partial charge >= 0.3 is 0 Å². The largest absolute Gasteiger partial charge is 0.281 e. The molecule has 0 aliphatic rings. The number of hydrogen-bond donors (Lipinski definition) is 0. The summed E-state index contributed by atoms with van der Waals surface area (Å²) in [6, 6.07) is 10.5. The number of nitrogens with zero attached hydrogens (tertiary/aromatic N) is 8. The highest BCUT2D eigenvalue weighted by Crippen LogP contribution is 2.21. The van der Waals surface area contributed by atoms with Gasteiger partial charge in [0, 0.05) is 17.4 Å². The summed E-state index contributed by atoms with van der Waals surface area (Å²) < 4.78 is 6.13. The average Bonchev–Trinajstić information content (AvgIpc) is 3.30. The summed E-state index contributed by atoms with van der Waals surface area (Å²) >= 11 is 5.62. The van der Waals surface area contributed by atoms with Crippen LogP contribution in [0.15, 0.2) is 43.0 Å². The third-order valence-corrected chi connectivity index (χ3v) is 5.34. The first-order valence-electron chi connectivity index (χ1n) is 9.03. The summed E-state index contributed by atoms with van der Waals surface area (Å²) in [5.41, 5.74) is 4.16. The molecular formula is C19H22N8S. The first-order valence-corrected chi connectivity index (χ1v) is 9.44. The Labute approximate surface area is 168 Å². The third-order valence-electron chi connectivity index (χ3n) is 4.95. The highest BCUT2D eigenvalue weighted by molar-refractivity contribution is 7.71. The maximum absolute atomic E-state index is 5.62. The smallest absolute Gasteiger partial charge is 0.254 e. The van der Waals surface area contributed by atoms with Crippen LogP contribution in [0.3, 0.4) is 0 Å². The van der Waals surface area contributed by atoms with Crippen LogP contribution in [0.25, 0.3) is 11.5 Å². The summed E-state index contributed by atoms with van der Waals surface area (Å²) in [4.78, 5) is 10.7. The van der Waals surface area contributed by atoms with E-state index in [-0.39, 0.29) is 6.04 Å². The van der Waals surface area contributed by atoms with Crippen LogP contribution in [0.1, 0.15) is 29.9 Å². The van der Waals surface area contributed by atoms with Crippen molar-refractivity contribution in [3.8, 4) is 5.69 Å². The molecule has 9 heteroatoms. The second kappa shape index (κ2) is 7.25. The minimum atomic E-state index is 0.187. The fourth-order valence-electron chi connectivity index (χ4n) is 3.26. The summed E-state index contributed by atoms with van der Waals surface area (Å²) in [7, 11) is 2.06. The Hall–Kier alpha value is -2.91. The van der Waals surface area contributed by atoms with Crippen molar-refractivity contribution in [3.63, 3.8) is 0 Å². The molecule has 0 unspecified atom stereocenters. The van der Waals surface area contributed by atoms with Crippen molar-refractivity contribution in [2.75, 3.05) is 7.05 Å². The molecule has 0 spiro atoms. The Kier molecular flexibility index (Phi) is 4.78. The van der Waals surface area contributed by atoms with Gasteiger partial charge in [-0.1, -0.05) is 12.1 Å². The molecule has 0 saturated heterocycles. The molecule has 0 radical (unpaired) electrons. The standard InChI is InChI=1S/C19H22N8S/c1-13-9-14(2)27-18(22-13)23-26(19(27)28)12-24(4)15(3)16-5-7-17(8-6-16)25-11-20-10-21-25/h5-11,15H,12H2,1-4H3/t15-/m1/s1. The zero-order chi connectivity index (χ0) is 19.8. The van der Waals surface area contributed by atoms with Crippen LogP contribution < -0.4 is 0 Å². The lowest BCUT2D eigenvalue weighted by atomic mass is 10.1. The molecule has 4 rings (SSSR count). The second-order valence-electron chi connectivity index (χ2n) is 6.96. The number of rotatable bonds is 5. The molecule has 0 amide bonds. The normalized spacial score (nSPS) is 12.8. The third kappa shape index (κ3) is 3.34. The molecule has 0 aliphatic heterocycles. The van der Waals surface area contributed by atoms with Crippen LogP contribution in [0.5, 0.6) is 0 Å². The molecule has 0 aliphatic carbocycles. The van der Waals surface area contributed by atoms with Gasteiger partial charge in [-0.05, 0) is 63.8 Å². The van der Waals surface area contributed by atoms with Gasteiger partial charge < -0.3 is 0 Å². The van der Waals surface area contributed by atoms with Crippen LogP contribution in [-0.4, -0.2) is 45.9 Å².